The molecule has 258 valence electrons. The Hall–Kier alpha value is -2.31. The Balaban J connectivity index is 0.000000245. The van der Waals surface area contributed by atoms with E-state index in [4.69, 9.17) is 0 Å². The van der Waals surface area contributed by atoms with Crippen molar-refractivity contribution in [1.29, 1.82) is 0 Å². The molecule has 0 aromatic heterocycles. The average molecular weight is 769 g/mol. The maximum absolute atomic E-state index is 2.51. The summed E-state index contributed by atoms with van der Waals surface area (Å²) < 4.78 is 1.46. The molecule has 49 heavy (non-hydrogen) atoms. The van der Waals surface area contributed by atoms with Crippen LogP contribution in [0.1, 0.15) is 131 Å². The second kappa shape index (κ2) is 15.5. The van der Waals surface area contributed by atoms with Crippen LogP contribution in [0.4, 0.5) is 0 Å². The van der Waals surface area contributed by atoms with Gasteiger partial charge in [-0.3, -0.25) is 0 Å². The van der Waals surface area contributed by atoms with E-state index in [-0.39, 0.29) is 35.6 Å². The van der Waals surface area contributed by atoms with Gasteiger partial charge in [0.1, 0.15) is 0 Å². The van der Waals surface area contributed by atoms with Crippen molar-refractivity contribution in [3.63, 3.8) is 0 Å². The topological polar surface area (TPSA) is 0 Å². The fraction of sp³-hybridized carbons (Fsp3) is 0.370. The summed E-state index contributed by atoms with van der Waals surface area (Å²) in [5.74, 6) is 0. The Morgan fingerprint density at radius 1 is 0.735 bits per heavy atom. The van der Waals surface area contributed by atoms with E-state index in [1.54, 1.807) is 0 Å². The van der Waals surface area contributed by atoms with Gasteiger partial charge in [-0.15, -0.1) is 12.5 Å². The molecule has 3 heteroatoms. The van der Waals surface area contributed by atoms with Crippen LogP contribution in [-0.4, -0.2) is 3.21 Å². The van der Waals surface area contributed by atoms with Crippen LogP contribution in [-0.2, 0) is 46.9 Å². The van der Waals surface area contributed by atoms with E-state index in [0.29, 0.717) is 5.41 Å². The minimum atomic E-state index is 0. The number of hydrogen-bond donors (Lipinski definition) is 0. The number of allylic oxidation sites excluding steroid dienone is 4. The summed E-state index contributed by atoms with van der Waals surface area (Å²) in [5.41, 5.74) is 20.8. The molecule has 0 amide bonds. The van der Waals surface area contributed by atoms with E-state index in [0.717, 1.165) is 12.8 Å². The fourth-order valence-corrected chi connectivity index (χ4v) is 7.42. The molecule has 4 aromatic rings. The largest absolute Gasteiger partial charge is 1.00 e. The van der Waals surface area contributed by atoms with E-state index in [2.05, 4.69) is 168 Å². The van der Waals surface area contributed by atoms with E-state index in [9.17, 15) is 0 Å². The van der Waals surface area contributed by atoms with Crippen LogP contribution in [0.5, 0.6) is 0 Å². The quantitative estimate of drug-likeness (QED) is 0.175. The van der Waals surface area contributed by atoms with Crippen molar-refractivity contribution in [2.24, 2.45) is 0 Å². The van der Waals surface area contributed by atoms with Gasteiger partial charge in [-0.1, -0.05) is 96.1 Å². The van der Waals surface area contributed by atoms with Crippen molar-refractivity contribution in [3.8, 4) is 11.1 Å². The molecule has 0 nitrogen and oxygen atoms in total. The third-order valence-electron chi connectivity index (χ3n) is 10.4. The molecule has 0 unspecified atom stereocenters. The average Bonchev–Trinajstić information content (AvgIpc) is 3.60. The SMILES string of the molecule is CC1=C[CH-]C(C)(C)c2cc3c(cc21)-c1cc2c(cc1C3)C(C)(C)CC=C2C.C[C](=[Zr+2])c1ccc(C)cc1.Cc1cc(C(C)(C)C)c[cH-]1.[Cl-].[Cl-]. The maximum atomic E-state index is 2.51. The van der Waals surface area contributed by atoms with Crippen molar-refractivity contribution in [3.05, 3.63) is 141 Å². The zero-order valence-electron chi connectivity index (χ0n) is 31.8. The second-order valence-corrected chi connectivity index (χ2v) is 18.3. The van der Waals surface area contributed by atoms with Gasteiger partial charge in [0.25, 0.3) is 0 Å². The number of fused-ring (bicyclic) bond motifs is 5. The van der Waals surface area contributed by atoms with Crippen molar-refractivity contribution in [2.45, 2.75) is 112 Å². The van der Waals surface area contributed by atoms with Gasteiger partial charge in [-0.05, 0) is 70.2 Å². The number of aryl methyl sites for hydroxylation is 2. The van der Waals surface area contributed by atoms with Crippen molar-refractivity contribution < 1.29 is 49.0 Å². The van der Waals surface area contributed by atoms with Gasteiger partial charge in [0.05, 0.1) is 0 Å². The Morgan fingerprint density at radius 3 is 1.78 bits per heavy atom. The molecule has 0 radical (unpaired) electrons. The smallest absolute Gasteiger partial charge is 0.0635 e. The first-order valence-corrected chi connectivity index (χ1v) is 18.5. The monoisotopic (exact) mass is 766 g/mol. The molecule has 0 spiro atoms. The van der Waals surface area contributed by atoms with E-state index >= 15 is 0 Å². The van der Waals surface area contributed by atoms with Crippen molar-refractivity contribution >= 4 is 14.4 Å². The van der Waals surface area contributed by atoms with Gasteiger partial charge in [-0.2, -0.15) is 28.8 Å². The van der Waals surface area contributed by atoms with Crippen LogP contribution in [0.15, 0.2) is 78.9 Å². The van der Waals surface area contributed by atoms with Crippen molar-refractivity contribution in [1.82, 2.24) is 0 Å². The van der Waals surface area contributed by atoms with Crippen LogP contribution in [0.25, 0.3) is 22.3 Å². The van der Waals surface area contributed by atoms with Crippen LogP contribution in [0.3, 0.4) is 0 Å². The molecular formula is C46H54Cl2Zr-2. The molecule has 3 aliphatic carbocycles. The molecule has 0 atom stereocenters. The number of rotatable bonds is 1. The molecule has 0 fully saturated rings. The summed E-state index contributed by atoms with van der Waals surface area (Å²) >= 11 is 1.51. The first kappa shape index (κ1) is 41.1. The van der Waals surface area contributed by atoms with Crippen LogP contribution in [0, 0.1) is 20.3 Å². The molecule has 3 aliphatic rings. The molecule has 0 saturated carbocycles. The predicted molar refractivity (Wildman–Crippen MR) is 203 cm³/mol. The first-order chi connectivity index (χ1) is 21.9. The van der Waals surface area contributed by atoms with Crippen molar-refractivity contribution in [2.75, 3.05) is 0 Å². The van der Waals surface area contributed by atoms with Gasteiger partial charge >= 0.3 is 76.7 Å². The van der Waals surface area contributed by atoms with Gasteiger partial charge in [0.2, 0.25) is 0 Å². The summed E-state index contributed by atoms with van der Waals surface area (Å²) in [4.78, 5) is 0. The Kier molecular flexibility index (Phi) is 13.0. The summed E-state index contributed by atoms with van der Waals surface area (Å²) in [6.07, 6.45) is 9.28. The van der Waals surface area contributed by atoms with Crippen LogP contribution >= 0.6 is 0 Å². The first-order valence-electron chi connectivity index (χ1n) is 17.3. The number of benzene rings is 3. The molecule has 0 bridgehead atoms. The zero-order chi connectivity index (χ0) is 34.5. The fourth-order valence-electron chi connectivity index (χ4n) is 7.01. The summed E-state index contributed by atoms with van der Waals surface area (Å²) in [5, 5.41) is 0. The standard InChI is InChI=1S/C27H29.C10H15.C9H10.2ClH.Zr/c1-16-7-9-26(3,4)24-12-18-11-19-13-25-21(17(2)8-10-27(25,5)6)15-23(19)22(18)14-20(16)24;1-8-5-6-9(7-8)10(2,3)4;1-3-9-6-4-8(2)5-7-9;;;/h7-9,12-15H,10-11H2,1-6H3;5-7H,1-4H3;4-7H,1-2H3;2*1H;/q2*-1;;;;+2/p-2. The number of halogens is 2. The Bertz CT molecular complexity index is 1800. The summed E-state index contributed by atoms with van der Waals surface area (Å²) in [6, 6.07) is 25.2. The third-order valence-corrected chi connectivity index (χ3v) is 11.1. The number of hydrogen-bond acceptors (Lipinski definition) is 0. The minimum absolute atomic E-state index is 0. The van der Waals surface area contributed by atoms with Gasteiger partial charge in [0, 0.05) is 0 Å². The molecule has 0 heterocycles. The minimum Gasteiger partial charge on any atom is -1.00 e. The predicted octanol–water partition coefficient (Wildman–Crippen LogP) is 6.34. The molecule has 0 N–H and O–H groups in total. The summed E-state index contributed by atoms with van der Waals surface area (Å²) in [7, 11) is 0. The van der Waals surface area contributed by atoms with E-state index in [1.165, 1.54) is 105 Å². The normalized spacial score (nSPS) is 15.7. The van der Waals surface area contributed by atoms with E-state index < -0.39 is 0 Å². The molecular weight excluding hydrogens is 715 g/mol. The van der Waals surface area contributed by atoms with Gasteiger partial charge < -0.3 is 24.8 Å². The molecule has 7 rings (SSSR count). The van der Waals surface area contributed by atoms with E-state index in [1.807, 2.05) is 0 Å². The van der Waals surface area contributed by atoms with Gasteiger partial charge in [-0.25, -0.2) is 18.6 Å². The van der Waals surface area contributed by atoms with Gasteiger partial charge in [0.15, 0.2) is 0 Å². The molecule has 0 aliphatic heterocycles. The second-order valence-electron chi connectivity index (χ2n) is 16.4. The maximum Gasteiger partial charge on any atom is -0.0635 e. The zero-order valence-corrected chi connectivity index (χ0v) is 35.7. The van der Waals surface area contributed by atoms with Crippen LogP contribution in [0.2, 0.25) is 0 Å². The Labute approximate surface area is 325 Å². The third kappa shape index (κ3) is 8.96. The summed E-state index contributed by atoms with van der Waals surface area (Å²) in [6.45, 7) is 27.1. The Morgan fingerprint density at radius 2 is 1.29 bits per heavy atom. The molecule has 0 saturated heterocycles. The van der Waals surface area contributed by atoms with Crippen LogP contribution < -0.4 is 24.8 Å². The molecule has 4 aromatic carbocycles.